The summed E-state index contributed by atoms with van der Waals surface area (Å²) in [4.78, 5) is 22.6. The summed E-state index contributed by atoms with van der Waals surface area (Å²) in [5, 5.41) is 6.18. The van der Waals surface area contributed by atoms with Gasteiger partial charge in [-0.25, -0.2) is 4.98 Å². The Hall–Kier alpha value is -2.34. The zero-order valence-corrected chi connectivity index (χ0v) is 14.4. The van der Waals surface area contributed by atoms with Gasteiger partial charge < -0.3 is 15.5 Å². The fourth-order valence-electron chi connectivity index (χ4n) is 1.99. The minimum Gasteiger partial charge on any atom is -0.355 e. The average Bonchev–Trinajstić information content (AvgIpc) is 2.55. The molecular formula is C16H20ClN5O. The Morgan fingerprint density at radius 3 is 2.61 bits per heavy atom. The molecule has 0 bridgehead atoms. The predicted molar refractivity (Wildman–Crippen MR) is 93.9 cm³/mol. The predicted octanol–water partition coefficient (Wildman–Crippen LogP) is 2.86. The number of anilines is 3. The zero-order chi connectivity index (χ0) is 17.0. The maximum Gasteiger partial charge on any atom is 0.252 e. The van der Waals surface area contributed by atoms with Crippen molar-refractivity contribution in [1.29, 1.82) is 0 Å². The molecule has 2 rings (SSSR count). The van der Waals surface area contributed by atoms with Crippen LogP contribution in [0.3, 0.4) is 0 Å². The molecule has 0 unspecified atom stereocenters. The molecule has 1 aromatic carbocycles. The molecule has 2 N–H and O–H groups in total. The average molecular weight is 334 g/mol. The van der Waals surface area contributed by atoms with E-state index in [4.69, 9.17) is 11.6 Å². The fraction of sp³-hybridized carbons (Fsp3) is 0.312. The maximum atomic E-state index is 11.8. The van der Waals surface area contributed by atoms with Crippen molar-refractivity contribution in [3.63, 3.8) is 0 Å². The topological polar surface area (TPSA) is 70.2 Å². The van der Waals surface area contributed by atoms with E-state index in [9.17, 15) is 4.79 Å². The second-order valence-electron chi connectivity index (χ2n) is 5.19. The number of hydrogen-bond donors (Lipinski definition) is 2. The first kappa shape index (κ1) is 17.0. The lowest BCUT2D eigenvalue weighted by atomic mass is 10.2. The molecule has 0 aliphatic rings. The molecular weight excluding hydrogens is 314 g/mol. The van der Waals surface area contributed by atoms with Crippen LogP contribution in [-0.2, 0) is 6.42 Å². The van der Waals surface area contributed by atoms with Gasteiger partial charge in [0.2, 0.25) is 5.95 Å². The Labute approximate surface area is 140 Å². The third kappa shape index (κ3) is 4.10. The number of aryl methyl sites for hydroxylation is 1. The summed E-state index contributed by atoms with van der Waals surface area (Å²) < 4.78 is 0. The highest BCUT2D eigenvalue weighted by atomic mass is 35.5. The second-order valence-corrected chi connectivity index (χ2v) is 5.60. The van der Waals surface area contributed by atoms with Crippen LogP contribution >= 0.6 is 11.6 Å². The van der Waals surface area contributed by atoms with Gasteiger partial charge in [0.25, 0.3) is 5.91 Å². The highest BCUT2D eigenvalue weighted by molar-refractivity contribution is 6.34. The monoisotopic (exact) mass is 333 g/mol. The van der Waals surface area contributed by atoms with Crippen molar-refractivity contribution in [2.75, 3.05) is 31.4 Å². The van der Waals surface area contributed by atoms with E-state index in [0.29, 0.717) is 22.4 Å². The number of nitrogens with zero attached hydrogens (tertiary/aromatic N) is 3. The Kier molecular flexibility index (Phi) is 5.39. The molecule has 6 nitrogen and oxygen atoms in total. The van der Waals surface area contributed by atoms with Crippen LogP contribution in [0.15, 0.2) is 24.3 Å². The van der Waals surface area contributed by atoms with Gasteiger partial charge >= 0.3 is 0 Å². The summed E-state index contributed by atoms with van der Waals surface area (Å²) >= 11 is 6.07. The van der Waals surface area contributed by atoms with Gasteiger partial charge in [0, 0.05) is 38.6 Å². The zero-order valence-electron chi connectivity index (χ0n) is 13.6. The van der Waals surface area contributed by atoms with E-state index in [1.165, 1.54) is 0 Å². The molecule has 7 heteroatoms. The number of carbonyl (C=O) groups excluding carboxylic acids is 1. The van der Waals surface area contributed by atoms with Crippen LogP contribution in [-0.4, -0.2) is 37.0 Å². The lowest BCUT2D eigenvalue weighted by molar-refractivity contribution is 0.0963. The highest BCUT2D eigenvalue weighted by Gasteiger charge is 2.11. The molecule has 0 fully saturated rings. The Morgan fingerprint density at radius 2 is 2.00 bits per heavy atom. The number of halogens is 1. The first-order valence-corrected chi connectivity index (χ1v) is 7.66. The molecule has 1 aromatic heterocycles. The normalized spacial score (nSPS) is 10.3. The van der Waals surface area contributed by atoms with E-state index in [0.717, 1.165) is 17.8 Å². The van der Waals surface area contributed by atoms with Crippen molar-refractivity contribution in [1.82, 2.24) is 15.3 Å². The summed E-state index contributed by atoms with van der Waals surface area (Å²) in [6, 6.07) is 7.08. The van der Waals surface area contributed by atoms with Gasteiger partial charge in [-0.2, -0.15) is 4.98 Å². The first-order valence-electron chi connectivity index (χ1n) is 7.28. The quantitative estimate of drug-likeness (QED) is 0.880. The molecule has 0 saturated heterocycles. The van der Waals surface area contributed by atoms with Crippen molar-refractivity contribution in [2.24, 2.45) is 0 Å². The van der Waals surface area contributed by atoms with E-state index in [-0.39, 0.29) is 5.91 Å². The van der Waals surface area contributed by atoms with Crippen LogP contribution in [0, 0.1) is 0 Å². The smallest absolute Gasteiger partial charge is 0.252 e. The van der Waals surface area contributed by atoms with E-state index < -0.39 is 0 Å². The van der Waals surface area contributed by atoms with Gasteiger partial charge in [-0.3, -0.25) is 4.79 Å². The summed E-state index contributed by atoms with van der Waals surface area (Å²) in [7, 11) is 5.36. The van der Waals surface area contributed by atoms with Crippen molar-refractivity contribution >= 4 is 35.0 Å². The minimum absolute atomic E-state index is 0.232. The van der Waals surface area contributed by atoms with E-state index >= 15 is 0 Å². The van der Waals surface area contributed by atoms with Crippen LogP contribution in [0.2, 0.25) is 5.02 Å². The van der Waals surface area contributed by atoms with Crippen LogP contribution < -0.4 is 15.5 Å². The van der Waals surface area contributed by atoms with Crippen LogP contribution in [0.4, 0.5) is 17.5 Å². The molecule has 0 saturated carbocycles. The Morgan fingerprint density at radius 1 is 1.26 bits per heavy atom. The SMILES string of the molecule is CCc1cc(Nc2ccc(Cl)c(C(=O)NC)c2)nc(N(C)C)n1. The van der Waals surface area contributed by atoms with E-state index in [1.54, 1.807) is 25.2 Å². The van der Waals surface area contributed by atoms with Crippen LogP contribution in [0.5, 0.6) is 0 Å². The molecule has 23 heavy (non-hydrogen) atoms. The van der Waals surface area contributed by atoms with Gasteiger partial charge in [0.05, 0.1) is 10.6 Å². The van der Waals surface area contributed by atoms with Crippen molar-refractivity contribution in [3.05, 3.63) is 40.5 Å². The molecule has 0 atom stereocenters. The molecule has 0 aliphatic carbocycles. The largest absolute Gasteiger partial charge is 0.355 e. The molecule has 1 amide bonds. The van der Waals surface area contributed by atoms with Crippen molar-refractivity contribution < 1.29 is 4.79 Å². The summed E-state index contributed by atoms with van der Waals surface area (Å²) in [6.45, 7) is 2.04. The lowest BCUT2D eigenvalue weighted by Gasteiger charge is -2.14. The molecule has 0 spiro atoms. The number of amides is 1. The molecule has 1 heterocycles. The number of rotatable bonds is 5. The number of hydrogen-bond acceptors (Lipinski definition) is 5. The molecule has 2 aromatic rings. The van der Waals surface area contributed by atoms with E-state index in [2.05, 4.69) is 20.6 Å². The van der Waals surface area contributed by atoms with Crippen molar-refractivity contribution in [3.8, 4) is 0 Å². The second kappa shape index (κ2) is 7.28. The maximum absolute atomic E-state index is 11.8. The Bertz CT molecular complexity index is 718. The third-order valence-corrected chi connectivity index (χ3v) is 3.57. The molecule has 122 valence electrons. The molecule has 0 radical (unpaired) electrons. The summed E-state index contributed by atoms with van der Waals surface area (Å²) in [5.41, 5.74) is 2.09. The first-order chi connectivity index (χ1) is 10.9. The lowest BCUT2D eigenvalue weighted by Crippen LogP contribution is -2.18. The standard InChI is InChI=1S/C16H20ClN5O/c1-5-10-9-14(21-16(20-10)22(3)4)19-11-6-7-13(17)12(8-11)15(23)18-2/h6-9H,5H2,1-4H3,(H,18,23)(H,19,20,21). The van der Waals surface area contributed by atoms with Gasteiger partial charge in [0.15, 0.2) is 0 Å². The summed E-state index contributed by atoms with van der Waals surface area (Å²) in [5.74, 6) is 1.07. The molecule has 0 aliphatic heterocycles. The number of carbonyl (C=O) groups is 1. The Balaban J connectivity index is 2.35. The third-order valence-electron chi connectivity index (χ3n) is 3.24. The fourth-order valence-corrected chi connectivity index (χ4v) is 2.19. The van der Waals surface area contributed by atoms with Gasteiger partial charge in [-0.1, -0.05) is 18.5 Å². The van der Waals surface area contributed by atoms with Crippen molar-refractivity contribution in [2.45, 2.75) is 13.3 Å². The van der Waals surface area contributed by atoms with Gasteiger partial charge in [-0.15, -0.1) is 0 Å². The van der Waals surface area contributed by atoms with Gasteiger partial charge in [0.1, 0.15) is 5.82 Å². The number of aromatic nitrogens is 2. The highest BCUT2D eigenvalue weighted by Crippen LogP contribution is 2.24. The summed E-state index contributed by atoms with van der Waals surface area (Å²) in [6.07, 6.45) is 0.808. The van der Waals surface area contributed by atoms with Crippen LogP contribution in [0.1, 0.15) is 23.0 Å². The minimum atomic E-state index is -0.232. The number of nitrogens with one attached hydrogen (secondary N) is 2. The number of benzene rings is 1. The van der Waals surface area contributed by atoms with Gasteiger partial charge in [-0.05, 0) is 24.6 Å². The van der Waals surface area contributed by atoms with E-state index in [1.807, 2.05) is 32.0 Å². The van der Waals surface area contributed by atoms with Crippen LogP contribution in [0.25, 0.3) is 0 Å².